The van der Waals surface area contributed by atoms with Gasteiger partial charge < -0.3 is 18.9 Å². The summed E-state index contributed by atoms with van der Waals surface area (Å²) < 4.78 is 19.8. The Kier molecular flexibility index (Phi) is 13.1. The summed E-state index contributed by atoms with van der Waals surface area (Å²) in [5.41, 5.74) is 1.37. The Labute approximate surface area is 187 Å². The average Bonchev–Trinajstić information content (AvgIpc) is 2.77. The van der Waals surface area contributed by atoms with Crippen LogP contribution in [0, 0.1) is 24.7 Å². The number of terminal acetylenes is 2. The zero-order chi connectivity index (χ0) is 23.6. The number of ether oxygens (including phenoxy) is 4. The van der Waals surface area contributed by atoms with Crippen molar-refractivity contribution in [1.82, 2.24) is 0 Å². The molecule has 170 valence electrons. The molecule has 0 N–H and O–H groups in total. The largest absolute Gasteiger partial charge is 0.465 e. The van der Waals surface area contributed by atoms with Crippen LogP contribution in [0.4, 0.5) is 0 Å². The van der Waals surface area contributed by atoms with Crippen LogP contribution in [0.5, 0.6) is 0 Å². The van der Waals surface area contributed by atoms with E-state index in [1.165, 1.54) is 0 Å². The normalized spacial score (nSPS) is 9.69. The van der Waals surface area contributed by atoms with E-state index in [4.69, 9.17) is 31.8 Å². The van der Waals surface area contributed by atoms with E-state index in [1.807, 2.05) is 0 Å². The van der Waals surface area contributed by atoms with Gasteiger partial charge in [-0.1, -0.05) is 24.3 Å². The molecule has 0 aromatic heterocycles. The molecule has 0 bridgehead atoms. The van der Waals surface area contributed by atoms with Gasteiger partial charge in [-0.05, 0) is 24.0 Å². The molecule has 0 saturated carbocycles. The molecule has 0 saturated heterocycles. The Morgan fingerprint density at radius 1 is 0.625 bits per heavy atom. The van der Waals surface area contributed by atoms with Crippen LogP contribution in [0.2, 0.25) is 0 Å². The van der Waals surface area contributed by atoms with Crippen molar-refractivity contribution in [3.63, 3.8) is 0 Å². The second-order valence-electron chi connectivity index (χ2n) is 6.55. The molecule has 0 unspecified atom stereocenters. The quantitative estimate of drug-likeness (QED) is 0.142. The van der Waals surface area contributed by atoms with E-state index < -0.39 is 36.7 Å². The van der Waals surface area contributed by atoms with Crippen molar-refractivity contribution < 1.29 is 38.1 Å². The first-order valence-corrected chi connectivity index (χ1v) is 10.0. The van der Waals surface area contributed by atoms with Crippen LogP contribution in [-0.4, -0.2) is 37.1 Å². The minimum atomic E-state index is -0.698. The molecule has 32 heavy (non-hydrogen) atoms. The van der Waals surface area contributed by atoms with E-state index in [9.17, 15) is 19.2 Å². The van der Waals surface area contributed by atoms with Crippen LogP contribution >= 0.6 is 0 Å². The molecule has 0 spiro atoms. The Hall–Kier alpha value is -3.78. The van der Waals surface area contributed by atoms with E-state index >= 15 is 0 Å². The van der Waals surface area contributed by atoms with Crippen LogP contribution < -0.4 is 0 Å². The molecule has 0 radical (unpaired) electrons. The Morgan fingerprint density at radius 3 is 1.31 bits per heavy atom. The van der Waals surface area contributed by atoms with Crippen LogP contribution in [-0.2, 0) is 51.3 Å². The maximum atomic E-state index is 11.7. The molecule has 0 aliphatic heterocycles. The van der Waals surface area contributed by atoms with Gasteiger partial charge in [0.1, 0.15) is 26.1 Å². The molecule has 1 aromatic rings. The first-order chi connectivity index (χ1) is 15.4. The van der Waals surface area contributed by atoms with Crippen molar-refractivity contribution in [2.75, 3.05) is 13.2 Å². The molecule has 0 heterocycles. The second-order valence-corrected chi connectivity index (χ2v) is 6.55. The third-order valence-corrected chi connectivity index (χ3v) is 3.86. The molecule has 0 aliphatic rings. The van der Waals surface area contributed by atoms with E-state index in [-0.39, 0.29) is 26.4 Å². The number of rotatable bonds is 14. The fourth-order valence-electron chi connectivity index (χ4n) is 2.22. The number of hydrogen-bond acceptors (Lipinski definition) is 8. The summed E-state index contributed by atoms with van der Waals surface area (Å²) in [5.74, 6) is 2.12. The van der Waals surface area contributed by atoms with E-state index in [0.717, 1.165) is 0 Å². The maximum absolute atomic E-state index is 11.7. The van der Waals surface area contributed by atoms with Crippen LogP contribution in [0.3, 0.4) is 0 Å². The van der Waals surface area contributed by atoms with Gasteiger partial charge in [0.2, 0.25) is 0 Å². The third kappa shape index (κ3) is 12.7. The van der Waals surface area contributed by atoms with Gasteiger partial charge in [-0.3, -0.25) is 19.2 Å². The molecule has 8 nitrogen and oxygen atoms in total. The van der Waals surface area contributed by atoms with Crippen molar-refractivity contribution in [3.05, 3.63) is 35.4 Å². The predicted octanol–water partition coefficient (Wildman–Crippen LogP) is 2.47. The summed E-state index contributed by atoms with van der Waals surface area (Å²) in [7, 11) is 0. The summed E-state index contributed by atoms with van der Waals surface area (Å²) in [6.07, 6.45) is 11.3. The topological polar surface area (TPSA) is 105 Å². The zero-order valence-corrected chi connectivity index (χ0v) is 17.8. The zero-order valence-electron chi connectivity index (χ0n) is 17.8. The maximum Gasteiger partial charge on any atom is 0.317 e. The highest BCUT2D eigenvalue weighted by Gasteiger charge is 2.13. The lowest BCUT2D eigenvalue weighted by Crippen LogP contribution is -2.14. The SMILES string of the molecule is C#CCCCOC(=O)CC(=O)OCc1ccc(COC(=O)CC(=O)OCCCC#C)cc1. The smallest absolute Gasteiger partial charge is 0.317 e. The Bertz CT molecular complexity index is 771. The molecular formula is C24H26O8. The van der Waals surface area contributed by atoms with Gasteiger partial charge in [-0.15, -0.1) is 24.7 Å². The Balaban J connectivity index is 2.26. The van der Waals surface area contributed by atoms with Gasteiger partial charge >= 0.3 is 23.9 Å². The number of hydrogen-bond donors (Lipinski definition) is 0. The molecule has 0 aliphatic carbocycles. The monoisotopic (exact) mass is 442 g/mol. The molecule has 1 aromatic carbocycles. The molecule has 0 fully saturated rings. The number of benzene rings is 1. The molecule has 0 amide bonds. The summed E-state index contributed by atoms with van der Waals surface area (Å²) in [6.45, 7) is 0.287. The molecule has 8 heteroatoms. The minimum Gasteiger partial charge on any atom is -0.465 e. The summed E-state index contributed by atoms with van der Waals surface area (Å²) in [4.78, 5) is 46.4. The van der Waals surface area contributed by atoms with Crippen molar-refractivity contribution >= 4 is 23.9 Å². The van der Waals surface area contributed by atoms with Gasteiger partial charge in [0, 0.05) is 12.8 Å². The van der Waals surface area contributed by atoms with E-state index in [1.54, 1.807) is 24.3 Å². The van der Waals surface area contributed by atoms with Crippen LogP contribution in [0.1, 0.15) is 49.7 Å². The fraction of sp³-hybridized carbons (Fsp3) is 0.417. The molecular weight excluding hydrogens is 416 g/mol. The van der Waals surface area contributed by atoms with Crippen molar-refractivity contribution in [1.29, 1.82) is 0 Å². The summed E-state index contributed by atoms with van der Waals surface area (Å²) in [5, 5.41) is 0. The van der Waals surface area contributed by atoms with Gasteiger partial charge in [0.25, 0.3) is 0 Å². The van der Waals surface area contributed by atoms with Crippen LogP contribution in [0.25, 0.3) is 0 Å². The predicted molar refractivity (Wildman–Crippen MR) is 113 cm³/mol. The highest BCUT2D eigenvalue weighted by Crippen LogP contribution is 2.09. The number of esters is 4. The first-order valence-electron chi connectivity index (χ1n) is 10.0. The van der Waals surface area contributed by atoms with E-state index in [0.29, 0.717) is 36.8 Å². The molecule has 1 rings (SSSR count). The molecule has 0 atom stereocenters. The standard InChI is InChI=1S/C24H26O8/c1-3-5-7-13-29-21(25)15-23(27)31-17-19-9-11-20(12-10-19)18-32-24(28)16-22(26)30-14-8-6-4-2/h1-2,9-12H,5-8,13-18H2. The van der Waals surface area contributed by atoms with Crippen molar-refractivity contribution in [2.24, 2.45) is 0 Å². The fourth-order valence-corrected chi connectivity index (χ4v) is 2.22. The minimum absolute atomic E-state index is 0.0191. The number of carbonyl (C=O) groups is 4. The van der Waals surface area contributed by atoms with Crippen molar-refractivity contribution in [2.45, 2.75) is 51.7 Å². The number of unbranched alkanes of at least 4 members (excludes halogenated alkanes) is 2. The Morgan fingerprint density at radius 2 is 0.969 bits per heavy atom. The van der Waals surface area contributed by atoms with Crippen molar-refractivity contribution in [3.8, 4) is 24.7 Å². The average molecular weight is 442 g/mol. The highest BCUT2D eigenvalue weighted by molar-refractivity contribution is 5.91. The lowest BCUT2D eigenvalue weighted by Gasteiger charge is -2.08. The third-order valence-electron chi connectivity index (χ3n) is 3.86. The lowest BCUT2D eigenvalue weighted by molar-refractivity contribution is -0.157. The summed E-state index contributed by atoms with van der Waals surface area (Å²) >= 11 is 0. The van der Waals surface area contributed by atoms with E-state index in [2.05, 4.69) is 11.8 Å². The van der Waals surface area contributed by atoms with Gasteiger partial charge in [0.05, 0.1) is 13.2 Å². The van der Waals surface area contributed by atoms with Gasteiger partial charge in [-0.2, -0.15) is 0 Å². The highest BCUT2D eigenvalue weighted by atomic mass is 16.6. The lowest BCUT2D eigenvalue weighted by atomic mass is 10.1. The number of carbonyl (C=O) groups excluding carboxylic acids is 4. The van der Waals surface area contributed by atoms with Gasteiger partial charge in [-0.25, -0.2) is 0 Å². The second kappa shape index (κ2) is 16.0. The van der Waals surface area contributed by atoms with Gasteiger partial charge in [0.15, 0.2) is 0 Å². The first kappa shape index (κ1) is 26.3. The van der Waals surface area contributed by atoms with Crippen LogP contribution in [0.15, 0.2) is 24.3 Å². The summed E-state index contributed by atoms with van der Waals surface area (Å²) in [6, 6.07) is 6.76.